The average molecular weight is 385 g/mol. The Morgan fingerprint density at radius 2 is 1.88 bits per heavy atom. The molecular formula is C16H20N2O3S3. The number of hydrogen-bond acceptors (Lipinski definition) is 5. The second kappa shape index (κ2) is 7.77. The van der Waals surface area contributed by atoms with Crippen LogP contribution in [0.4, 0.5) is 0 Å². The fourth-order valence-corrected chi connectivity index (χ4v) is 5.81. The Labute approximate surface area is 150 Å². The molecule has 0 saturated carbocycles. The highest BCUT2D eigenvalue weighted by atomic mass is 32.2. The molecule has 0 aliphatic carbocycles. The van der Waals surface area contributed by atoms with Crippen LogP contribution < -0.4 is 4.72 Å². The SMILES string of the molecule is O=C(CCc1cccs1)N1CCC(NS(=O)(=O)c2cccs2)CC1. The molecule has 130 valence electrons. The number of nitrogens with zero attached hydrogens (tertiary/aromatic N) is 1. The van der Waals surface area contributed by atoms with E-state index in [1.54, 1.807) is 28.8 Å². The number of rotatable bonds is 6. The molecule has 0 bridgehead atoms. The Hall–Kier alpha value is -1.22. The van der Waals surface area contributed by atoms with Gasteiger partial charge in [-0.05, 0) is 42.2 Å². The third kappa shape index (κ3) is 4.44. The summed E-state index contributed by atoms with van der Waals surface area (Å²) in [6.07, 6.45) is 2.62. The molecule has 1 fully saturated rings. The number of hydrogen-bond donors (Lipinski definition) is 1. The van der Waals surface area contributed by atoms with E-state index in [1.165, 1.54) is 16.2 Å². The first kappa shape index (κ1) is 17.6. The summed E-state index contributed by atoms with van der Waals surface area (Å²) >= 11 is 2.89. The quantitative estimate of drug-likeness (QED) is 0.833. The second-order valence-electron chi connectivity index (χ2n) is 5.79. The summed E-state index contributed by atoms with van der Waals surface area (Å²) in [5, 5.41) is 3.77. The van der Waals surface area contributed by atoms with Crippen LogP contribution in [0.15, 0.2) is 39.2 Å². The summed E-state index contributed by atoms with van der Waals surface area (Å²) in [6, 6.07) is 7.28. The van der Waals surface area contributed by atoms with Gasteiger partial charge in [0, 0.05) is 30.4 Å². The van der Waals surface area contributed by atoms with Gasteiger partial charge in [-0.25, -0.2) is 13.1 Å². The first-order valence-corrected chi connectivity index (χ1v) is 11.1. The second-order valence-corrected chi connectivity index (χ2v) is 9.71. The summed E-state index contributed by atoms with van der Waals surface area (Å²) in [6.45, 7) is 1.22. The van der Waals surface area contributed by atoms with Crippen molar-refractivity contribution >= 4 is 38.6 Å². The molecule has 1 saturated heterocycles. The first-order valence-electron chi connectivity index (χ1n) is 7.90. The third-order valence-corrected chi connectivity index (χ3v) is 7.95. The lowest BCUT2D eigenvalue weighted by atomic mass is 10.1. The molecular weight excluding hydrogens is 364 g/mol. The zero-order chi connectivity index (χ0) is 17.0. The fourth-order valence-electron chi connectivity index (χ4n) is 2.78. The molecule has 2 aromatic heterocycles. The molecule has 1 N–H and O–H groups in total. The van der Waals surface area contributed by atoms with E-state index in [-0.39, 0.29) is 11.9 Å². The zero-order valence-corrected chi connectivity index (χ0v) is 15.6. The van der Waals surface area contributed by atoms with E-state index < -0.39 is 10.0 Å². The van der Waals surface area contributed by atoms with Crippen LogP contribution in [-0.4, -0.2) is 38.4 Å². The first-order chi connectivity index (χ1) is 11.5. The predicted molar refractivity (Wildman–Crippen MR) is 96.9 cm³/mol. The molecule has 5 nitrogen and oxygen atoms in total. The van der Waals surface area contributed by atoms with Gasteiger partial charge in [-0.3, -0.25) is 4.79 Å². The van der Waals surface area contributed by atoms with Crippen LogP contribution in [-0.2, 0) is 21.2 Å². The molecule has 0 radical (unpaired) electrons. The Balaban J connectivity index is 1.46. The van der Waals surface area contributed by atoms with Crippen LogP contribution in [0.2, 0.25) is 0 Å². The summed E-state index contributed by atoms with van der Waals surface area (Å²) in [5.74, 6) is 0.156. The zero-order valence-electron chi connectivity index (χ0n) is 13.2. The van der Waals surface area contributed by atoms with Crippen molar-refractivity contribution in [2.24, 2.45) is 0 Å². The van der Waals surface area contributed by atoms with Crippen molar-refractivity contribution in [1.82, 2.24) is 9.62 Å². The Kier molecular flexibility index (Phi) is 5.70. The molecule has 3 rings (SSSR count). The number of amides is 1. The van der Waals surface area contributed by atoms with E-state index in [9.17, 15) is 13.2 Å². The van der Waals surface area contributed by atoms with Crippen LogP contribution in [0.5, 0.6) is 0 Å². The number of carbonyl (C=O) groups excluding carboxylic acids is 1. The van der Waals surface area contributed by atoms with Gasteiger partial charge < -0.3 is 4.90 Å². The van der Waals surface area contributed by atoms with Crippen molar-refractivity contribution in [3.8, 4) is 0 Å². The maximum Gasteiger partial charge on any atom is 0.250 e. The molecule has 8 heteroatoms. The number of aryl methyl sites for hydroxylation is 1. The van der Waals surface area contributed by atoms with Crippen molar-refractivity contribution < 1.29 is 13.2 Å². The van der Waals surface area contributed by atoms with Crippen molar-refractivity contribution in [2.75, 3.05) is 13.1 Å². The molecule has 0 aromatic carbocycles. The van der Waals surface area contributed by atoms with Crippen LogP contribution in [0.3, 0.4) is 0 Å². The van der Waals surface area contributed by atoms with Gasteiger partial charge >= 0.3 is 0 Å². The maximum absolute atomic E-state index is 12.3. The highest BCUT2D eigenvalue weighted by Gasteiger charge is 2.26. The number of piperidine rings is 1. The molecule has 24 heavy (non-hydrogen) atoms. The van der Waals surface area contributed by atoms with Crippen molar-refractivity contribution in [2.45, 2.75) is 35.9 Å². The van der Waals surface area contributed by atoms with Crippen molar-refractivity contribution in [3.05, 3.63) is 39.9 Å². The minimum atomic E-state index is -3.43. The minimum Gasteiger partial charge on any atom is -0.343 e. The number of nitrogens with one attached hydrogen (secondary N) is 1. The number of sulfonamides is 1. The van der Waals surface area contributed by atoms with E-state index in [0.717, 1.165) is 6.42 Å². The minimum absolute atomic E-state index is 0.0987. The Morgan fingerprint density at radius 1 is 1.17 bits per heavy atom. The lowest BCUT2D eigenvalue weighted by Gasteiger charge is -2.32. The van der Waals surface area contributed by atoms with Crippen LogP contribution >= 0.6 is 22.7 Å². The van der Waals surface area contributed by atoms with Gasteiger partial charge in [0.15, 0.2) is 0 Å². The monoisotopic (exact) mass is 384 g/mol. The number of thiophene rings is 2. The largest absolute Gasteiger partial charge is 0.343 e. The van der Waals surface area contributed by atoms with Crippen LogP contribution in [0.25, 0.3) is 0 Å². The topological polar surface area (TPSA) is 66.5 Å². The van der Waals surface area contributed by atoms with Gasteiger partial charge in [-0.15, -0.1) is 22.7 Å². The van der Waals surface area contributed by atoms with E-state index in [0.29, 0.717) is 36.6 Å². The molecule has 1 amide bonds. The summed E-state index contributed by atoms with van der Waals surface area (Å²) < 4.78 is 27.6. The lowest BCUT2D eigenvalue weighted by molar-refractivity contribution is -0.132. The average Bonchev–Trinajstić information content (AvgIpc) is 3.26. The maximum atomic E-state index is 12.3. The molecule has 0 unspecified atom stereocenters. The standard InChI is InChI=1S/C16H20N2O3S3/c19-15(6-5-14-3-1-11-22-14)18-9-7-13(8-10-18)17-24(20,21)16-4-2-12-23-16/h1-4,11-13,17H,5-10H2. The van der Waals surface area contributed by atoms with Gasteiger partial charge in [0.2, 0.25) is 15.9 Å². The Morgan fingerprint density at radius 3 is 2.50 bits per heavy atom. The summed E-state index contributed by atoms with van der Waals surface area (Å²) in [7, 11) is -3.43. The van der Waals surface area contributed by atoms with Crippen molar-refractivity contribution in [1.29, 1.82) is 0 Å². The van der Waals surface area contributed by atoms with E-state index in [4.69, 9.17) is 0 Å². The molecule has 3 heterocycles. The van der Waals surface area contributed by atoms with Crippen LogP contribution in [0.1, 0.15) is 24.1 Å². The Bertz CT molecular complexity index is 747. The van der Waals surface area contributed by atoms with Gasteiger partial charge in [0.1, 0.15) is 4.21 Å². The predicted octanol–water partition coefficient (Wildman–Crippen LogP) is 2.71. The van der Waals surface area contributed by atoms with E-state index in [1.807, 2.05) is 22.4 Å². The van der Waals surface area contributed by atoms with Crippen LogP contribution in [0, 0.1) is 0 Å². The van der Waals surface area contributed by atoms with Gasteiger partial charge in [0.25, 0.3) is 0 Å². The van der Waals surface area contributed by atoms with Gasteiger partial charge in [-0.1, -0.05) is 12.1 Å². The molecule has 0 spiro atoms. The van der Waals surface area contributed by atoms with Crippen molar-refractivity contribution in [3.63, 3.8) is 0 Å². The number of likely N-dealkylation sites (tertiary alicyclic amines) is 1. The molecule has 0 atom stereocenters. The van der Waals surface area contributed by atoms with E-state index >= 15 is 0 Å². The highest BCUT2D eigenvalue weighted by Crippen LogP contribution is 2.19. The van der Waals surface area contributed by atoms with Gasteiger partial charge in [-0.2, -0.15) is 0 Å². The van der Waals surface area contributed by atoms with E-state index in [2.05, 4.69) is 4.72 Å². The third-order valence-electron chi connectivity index (χ3n) is 4.09. The number of carbonyl (C=O) groups is 1. The van der Waals surface area contributed by atoms with Gasteiger partial charge in [0.05, 0.1) is 0 Å². The smallest absolute Gasteiger partial charge is 0.250 e. The normalized spacial score (nSPS) is 16.4. The molecule has 1 aliphatic rings. The summed E-state index contributed by atoms with van der Waals surface area (Å²) in [5.41, 5.74) is 0. The fraction of sp³-hybridized carbons (Fsp3) is 0.438. The summed E-state index contributed by atoms with van der Waals surface area (Å²) in [4.78, 5) is 15.3. The molecule has 1 aliphatic heterocycles. The highest BCUT2D eigenvalue weighted by molar-refractivity contribution is 7.91. The lowest BCUT2D eigenvalue weighted by Crippen LogP contribution is -2.46. The molecule has 2 aromatic rings.